The highest BCUT2D eigenvalue weighted by Gasteiger charge is 2.21. The van der Waals surface area contributed by atoms with Crippen LogP contribution in [0.1, 0.15) is 43.5 Å². The molecule has 104 valence electrons. The first-order chi connectivity index (χ1) is 9.19. The number of carbonyl (C=O) groups excluding carboxylic acids is 1. The van der Waals surface area contributed by atoms with Gasteiger partial charge in [0.05, 0.1) is 0 Å². The Labute approximate surface area is 115 Å². The van der Waals surface area contributed by atoms with Gasteiger partial charge in [-0.15, -0.1) is 0 Å². The highest BCUT2D eigenvalue weighted by atomic mass is 16.1. The summed E-state index contributed by atoms with van der Waals surface area (Å²) in [4.78, 5) is 12.0. The molecule has 3 nitrogen and oxygen atoms in total. The van der Waals surface area contributed by atoms with Gasteiger partial charge in [-0.25, -0.2) is 0 Å². The fraction of sp³-hybridized carbons (Fsp3) is 0.562. The van der Waals surface area contributed by atoms with E-state index in [1.807, 2.05) is 24.3 Å². The molecule has 1 fully saturated rings. The molecule has 1 aliphatic rings. The van der Waals surface area contributed by atoms with Crippen LogP contribution in [-0.2, 0) is 0 Å². The maximum atomic E-state index is 12.0. The van der Waals surface area contributed by atoms with E-state index in [0.29, 0.717) is 5.92 Å². The summed E-state index contributed by atoms with van der Waals surface area (Å²) in [5.41, 5.74) is 1.80. The summed E-state index contributed by atoms with van der Waals surface area (Å²) in [6.45, 7) is 6.06. The van der Waals surface area contributed by atoms with Crippen LogP contribution in [0.15, 0.2) is 24.3 Å². The van der Waals surface area contributed by atoms with Gasteiger partial charge in [0.1, 0.15) is 0 Å². The lowest BCUT2D eigenvalue weighted by molar-refractivity contribution is 0.0947. The lowest BCUT2D eigenvalue weighted by Crippen LogP contribution is -2.28. The van der Waals surface area contributed by atoms with E-state index in [9.17, 15) is 4.79 Å². The van der Waals surface area contributed by atoms with Crippen LogP contribution in [0.5, 0.6) is 0 Å². The second-order valence-corrected chi connectivity index (χ2v) is 5.60. The molecule has 2 N–H and O–H groups in total. The summed E-state index contributed by atoms with van der Waals surface area (Å²) in [6, 6.07) is 7.67. The number of hydrogen-bond donors (Lipinski definition) is 2. The zero-order valence-electron chi connectivity index (χ0n) is 11.9. The Kier molecular flexibility index (Phi) is 4.83. The molecular weight excluding hydrogens is 236 g/mol. The molecule has 0 bridgehead atoms. The predicted molar refractivity (Wildman–Crippen MR) is 79.4 cm³/mol. The van der Waals surface area contributed by atoms with Crippen molar-refractivity contribution in [1.82, 2.24) is 5.32 Å². The van der Waals surface area contributed by atoms with Gasteiger partial charge < -0.3 is 10.6 Å². The molecule has 1 aliphatic carbocycles. The first-order valence-electron chi connectivity index (χ1n) is 7.31. The van der Waals surface area contributed by atoms with Crippen LogP contribution in [0.25, 0.3) is 0 Å². The van der Waals surface area contributed by atoms with E-state index in [0.717, 1.165) is 30.3 Å². The molecule has 2 rings (SSSR count). The second-order valence-electron chi connectivity index (χ2n) is 5.60. The first kappa shape index (κ1) is 13.9. The second kappa shape index (κ2) is 6.60. The zero-order chi connectivity index (χ0) is 13.7. The van der Waals surface area contributed by atoms with Gasteiger partial charge in [-0.1, -0.05) is 13.3 Å². The predicted octanol–water partition coefficient (Wildman–Crippen LogP) is 3.28. The molecule has 1 amide bonds. The van der Waals surface area contributed by atoms with Crippen molar-refractivity contribution in [3.8, 4) is 0 Å². The lowest BCUT2D eigenvalue weighted by atomic mass is 10.1. The van der Waals surface area contributed by atoms with E-state index in [1.165, 1.54) is 19.3 Å². The minimum atomic E-state index is 0.0441. The number of benzene rings is 1. The average Bonchev–Trinajstić information content (AvgIpc) is 2.83. The third kappa shape index (κ3) is 3.98. The van der Waals surface area contributed by atoms with Crippen molar-refractivity contribution < 1.29 is 4.79 Å². The number of anilines is 1. The molecule has 1 aromatic rings. The summed E-state index contributed by atoms with van der Waals surface area (Å²) in [7, 11) is 0. The van der Waals surface area contributed by atoms with Gasteiger partial charge in [0, 0.05) is 24.3 Å². The zero-order valence-corrected chi connectivity index (χ0v) is 11.9. The molecule has 0 saturated heterocycles. The van der Waals surface area contributed by atoms with E-state index in [1.54, 1.807) is 0 Å². The monoisotopic (exact) mass is 260 g/mol. The molecule has 3 heteroatoms. The Hall–Kier alpha value is -1.51. The molecule has 1 aromatic carbocycles. The minimum Gasteiger partial charge on any atom is -0.385 e. The average molecular weight is 260 g/mol. The molecule has 2 atom stereocenters. The van der Waals surface area contributed by atoms with Crippen molar-refractivity contribution in [2.45, 2.75) is 33.1 Å². The molecule has 0 radical (unpaired) electrons. The fourth-order valence-electron chi connectivity index (χ4n) is 2.79. The van der Waals surface area contributed by atoms with Crippen molar-refractivity contribution in [2.24, 2.45) is 11.8 Å². The van der Waals surface area contributed by atoms with Crippen LogP contribution in [0, 0.1) is 11.8 Å². The van der Waals surface area contributed by atoms with Gasteiger partial charge in [-0.3, -0.25) is 4.79 Å². The van der Waals surface area contributed by atoms with Gasteiger partial charge in [-0.05, 0) is 55.9 Å². The Morgan fingerprint density at radius 3 is 2.58 bits per heavy atom. The summed E-state index contributed by atoms with van der Waals surface area (Å²) >= 11 is 0. The molecule has 0 heterocycles. The maximum Gasteiger partial charge on any atom is 0.251 e. The van der Waals surface area contributed by atoms with Gasteiger partial charge in [0.15, 0.2) is 0 Å². The van der Waals surface area contributed by atoms with Gasteiger partial charge in [0.25, 0.3) is 5.91 Å². The van der Waals surface area contributed by atoms with Crippen molar-refractivity contribution >= 4 is 11.6 Å². The number of hydrogen-bond acceptors (Lipinski definition) is 2. The van der Waals surface area contributed by atoms with E-state index in [4.69, 9.17) is 0 Å². The van der Waals surface area contributed by atoms with E-state index < -0.39 is 0 Å². The molecule has 0 spiro atoms. The van der Waals surface area contributed by atoms with Crippen molar-refractivity contribution in [3.05, 3.63) is 29.8 Å². The van der Waals surface area contributed by atoms with Crippen LogP contribution in [0.3, 0.4) is 0 Å². The number of nitrogens with one attached hydrogen (secondary N) is 2. The molecule has 0 aromatic heterocycles. The SMILES string of the molecule is CCNc1ccc(C(=O)NCC2CCC(C)C2)cc1. The summed E-state index contributed by atoms with van der Waals surface area (Å²) < 4.78 is 0. The molecule has 19 heavy (non-hydrogen) atoms. The largest absolute Gasteiger partial charge is 0.385 e. The topological polar surface area (TPSA) is 41.1 Å². The van der Waals surface area contributed by atoms with Crippen LogP contribution >= 0.6 is 0 Å². The Morgan fingerprint density at radius 1 is 1.26 bits per heavy atom. The molecule has 1 saturated carbocycles. The van der Waals surface area contributed by atoms with Crippen LogP contribution < -0.4 is 10.6 Å². The molecule has 0 aliphatic heterocycles. The van der Waals surface area contributed by atoms with E-state index in [-0.39, 0.29) is 5.91 Å². The Bertz CT molecular complexity index is 413. The number of carbonyl (C=O) groups is 1. The summed E-state index contributed by atoms with van der Waals surface area (Å²) in [5, 5.41) is 6.28. The van der Waals surface area contributed by atoms with Crippen molar-refractivity contribution in [2.75, 3.05) is 18.4 Å². The van der Waals surface area contributed by atoms with E-state index >= 15 is 0 Å². The van der Waals surface area contributed by atoms with Gasteiger partial charge >= 0.3 is 0 Å². The van der Waals surface area contributed by atoms with Crippen LogP contribution in [-0.4, -0.2) is 19.0 Å². The third-order valence-corrected chi connectivity index (χ3v) is 3.88. The smallest absolute Gasteiger partial charge is 0.251 e. The third-order valence-electron chi connectivity index (χ3n) is 3.88. The highest BCUT2D eigenvalue weighted by Crippen LogP contribution is 2.29. The number of amides is 1. The molecule has 2 unspecified atom stereocenters. The van der Waals surface area contributed by atoms with Crippen molar-refractivity contribution in [1.29, 1.82) is 0 Å². The highest BCUT2D eigenvalue weighted by molar-refractivity contribution is 5.94. The van der Waals surface area contributed by atoms with Crippen molar-refractivity contribution in [3.63, 3.8) is 0 Å². The first-order valence-corrected chi connectivity index (χ1v) is 7.31. The Balaban J connectivity index is 1.82. The lowest BCUT2D eigenvalue weighted by Gasteiger charge is -2.11. The van der Waals surface area contributed by atoms with Crippen LogP contribution in [0.4, 0.5) is 5.69 Å². The van der Waals surface area contributed by atoms with Crippen LogP contribution in [0.2, 0.25) is 0 Å². The summed E-state index contributed by atoms with van der Waals surface area (Å²) in [6.07, 6.45) is 3.80. The maximum absolute atomic E-state index is 12.0. The normalized spacial score (nSPS) is 22.2. The van der Waals surface area contributed by atoms with Gasteiger partial charge in [-0.2, -0.15) is 0 Å². The molecular formula is C16H24N2O. The number of rotatable bonds is 5. The Morgan fingerprint density at radius 2 is 2.00 bits per heavy atom. The summed E-state index contributed by atoms with van der Waals surface area (Å²) in [5.74, 6) is 1.53. The minimum absolute atomic E-state index is 0.0441. The van der Waals surface area contributed by atoms with Gasteiger partial charge in [0.2, 0.25) is 0 Å². The van der Waals surface area contributed by atoms with E-state index in [2.05, 4.69) is 24.5 Å². The standard InChI is InChI=1S/C16H24N2O/c1-3-17-15-8-6-14(7-9-15)16(19)18-11-13-5-4-12(2)10-13/h6-9,12-13,17H,3-5,10-11H2,1-2H3,(H,18,19). The fourth-order valence-corrected chi connectivity index (χ4v) is 2.79. The quantitative estimate of drug-likeness (QED) is 0.853.